The number of alkyl halides is 3. The van der Waals surface area contributed by atoms with E-state index in [1.807, 2.05) is 0 Å². The zero-order chi connectivity index (χ0) is 17.4. The van der Waals surface area contributed by atoms with Gasteiger partial charge >= 0.3 is 12.1 Å². The Labute approximate surface area is 125 Å². The Kier molecular flexibility index (Phi) is 4.04. The van der Waals surface area contributed by atoms with Gasteiger partial charge in [-0.1, -0.05) is 0 Å². The number of nitrogens with zero attached hydrogens (tertiary/aromatic N) is 3. The molecular weight excluding hydrogens is 323 g/mol. The molecule has 122 valence electrons. The number of hydrogen-bond donors (Lipinski definition) is 1. The van der Waals surface area contributed by atoms with Gasteiger partial charge in [0.2, 0.25) is 11.6 Å². The minimum absolute atomic E-state index is 0.0135. The van der Waals surface area contributed by atoms with Gasteiger partial charge < -0.3 is 9.84 Å². The molecule has 8 nitrogen and oxygen atoms in total. The van der Waals surface area contributed by atoms with Crippen LogP contribution in [0.3, 0.4) is 0 Å². The van der Waals surface area contributed by atoms with Crippen molar-refractivity contribution in [3.8, 4) is 5.88 Å². The summed E-state index contributed by atoms with van der Waals surface area (Å²) in [6, 6.07) is 0.974. The zero-order valence-electron chi connectivity index (χ0n) is 11.4. The van der Waals surface area contributed by atoms with Gasteiger partial charge in [0.1, 0.15) is 5.56 Å². The zero-order valence-corrected chi connectivity index (χ0v) is 11.4. The molecule has 0 fully saturated rings. The van der Waals surface area contributed by atoms with E-state index < -0.39 is 39.9 Å². The van der Waals surface area contributed by atoms with E-state index in [9.17, 15) is 28.1 Å². The average Bonchev–Trinajstić information content (AvgIpc) is 2.44. The van der Waals surface area contributed by atoms with E-state index in [0.717, 1.165) is 0 Å². The minimum Gasteiger partial charge on any atom is -0.476 e. The number of halogens is 3. The summed E-state index contributed by atoms with van der Waals surface area (Å²) in [6.45, 7) is 1.54. The molecule has 0 unspecified atom stereocenters. The fraction of sp³-hybridized carbons (Fsp3) is 0.250. The first-order valence-corrected chi connectivity index (χ1v) is 6.08. The van der Waals surface area contributed by atoms with Crippen molar-refractivity contribution in [2.75, 3.05) is 6.61 Å². The fourth-order valence-electron chi connectivity index (χ4n) is 1.83. The van der Waals surface area contributed by atoms with Crippen molar-refractivity contribution < 1.29 is 32.7 Å². The smallest absolute Gasteiger partial charge is 0.423 e. The third-order valence-electron chi connectivity index (χ3n) is 2.74. The Morgan fingerprint density at radius 3 is 2.43 bits per heavy atom. The predicted molar refractivity (Wildman–Crippen MR) is 69.3 cm³/mol. The van der Waals surface area contributed by atoms with Crippen LogP contribution in [0, 0.1) is 10.1 Å². The second kappa shape index (κ2) is 5.66. The Hall–Kier alpha value is -2.98. The molecule has 1 heterocycles. The van der Waals surface area contributed by atoms with E-state index >= 15 is 0 Å². The molecular formula is C12H8F3N3O5. The van der Waals surface area contributed by atoms with Crippen molar-refractivity contribution in [2.45, 2.75) is 13.1 Å². The van der Waals surface area contributed by atoms with E-state index in [1.54, 1.807) is 0 Å². The number of nitro groups is 1. The summed E-state index contributed by atoms with van der Waals surface area (Å²) < 4.78 is 43.7. The number of aromatic carboxylic acids is 1. The van der Waals surface area contributed by atoms with Crippen molar-refractivity contribution in [3.05, 3.63) is 33.5 Å². The molecule has 0 radical (unpaired) electrons. The number of carboxylic acid groups (broad SMARTS) is 1. The van der Waals surface area contributed by atoms with Crippen LogP contribution in [0.1, 0.15) is 23.0 Å². The maximum Gasteiger partial charge on any atom is 0.423 e. The lowest BCUT2D eigenvalue weighted by Gasteiger charge is -2.10. The summed E-state index contributed by atoms with van der Waals surface area (Å²) in [5, 5.41) is 19.8. The van der Waals surface area contributed by atoms with Gasteiger partial charge in [-0.15, -0.1) is 0 Å². The molecule has 11 heteroatoms. The summed E-state index contributed by atoms with van der Waals surface area (Å²) >= 11 is 0. The maximum atomic E-state index is 12.9. The molecule has 0 spiro atoms. The van der Waals surface area contributed by atoms with E-state index in [0.29, 0.717) is 12.1 Å². The van der Waals surface area contributed by atoms with Gasteiger partial charge in [0.05, 0.1) is 22.6 Å². The molecule has 0 bridgehead atoms. The van der Waals surface area contributed by atoms with Gasteiger partial charge in [-0.3, -0.25) is 10.1 Å². The van der Waals surface area contributed by atoms with Gasteiger partial charge in [-0.25, -0.2) is 14.8 Å². The van der Waals surface area contributed by atoms with Gasteiger partial charge in [-0.05, 0) is 13.0 Å². The number of ether oxygens (including phenoxy) is 1. The molecule has 0 amide bonds. The first kappa shape index (κ1) is 16.4. The van der Waals surface area contributed by atoms with Crippen LogP contribution in [-0.4, -0.2) is 32.6 Å². The Bertz CT molecular complexity index is 807. The molecule has 0 saturated carbocycles. The number of carbonyl (C=O) groups is 1. The molecule has 0 aliphatic heterocycles. The maximum absolute atomic E-state index is 12.9. The Balaban J connectivity index is 2.82. The van der Waals surface area contributed by atoms with E-state index in [-0.39, 0.29) is 17.6 Å². The number of fused-ring (bicyclic) bond motifs is 1. The molecule has 2 rings (SSSR count). The second-order valence-corrected chi connectivity index (χ2v) is 4.23. The highest BCUT2D eigenvalue weighted by atomic mass is 19.4. The van der Waals surface area contributed by atoms with Crippen molar-refractivity contribution in [3.63, 3.8) is 0 Å². The summed E-state index contributed by atoms with van der Waals surface area (Å²) in [6.07, 6.45) is -4.98. The Morgan fingerprint density at radius 1 is 1.35 bits per heavy atom. The number of hydrogen-bond acceptors (Lipinski definition) is 6. The fourth-order valence-corrected chi connectivity index (χ4v) is 1.83. The van der Waals surface area contributed by atoms with Crippen LogP contribution in [0.25, 0.3) is 11.0 Å². The number of rotatable bonds is 4. The average molecular weight is 331 g/mol. The third kappa shape index (κ3) is 3.12. The van der Waals surface area contributed by atoms with Gasteiger partial charge in [0.25, 0.3) is 5.69 Å². The number of carboxylic acids is 1. The summed E-state index contributed by atoms with van der Waals surface area (Å²) in [4.78, 5) is 28.0. The predicted octanol–water partition coefficient (Wildman–Crippen LogP) is 2.65. The lowest BCUT2D eigenvalue weighted by molar-refractivity contribution is -0.387. The van der Waals surface area contributed by atoms with Crippen molar-refractivity contribution in [1.29, 1.82) is 0 Å². The molecule has 0 aliphatic carbocycles. The molecule has 1 aromatic carbocycles. The molecule has 0 saturated heterocycles. The van der Waals surface area contributed by atoms with Crippen LogP contribution in [0.5, 0.6) is 5.88 Å². The van der Waals surface area contributed by atoms with Crippen LogP contribution in [-0.2, 0) is 6.18 Å². The van der Waals surface area contributed by atoms with Gasteiger partial charge in [0.15, 0.2) is 0 Å². The van der Waals surface area contributed by atoms with E-state index in [1.165, 1.54) is 6.92 Å². The van der Waals surface area contributed by atoms with E-state index in [2.05, 4.69) is 9.97 Å². The third-order valence-corrected chi connectivity index (χ3v) is 2.74. The van der Waals surface area contributed by atoms with Crippen LogP contribution >= 0.6 is 0 Å². The SMILES string of the molecule is CCOc1nc2cc(C(F)(F)F)c([N+](=O)[O-])cc2nc1C(=O)O. The van der Waals surface area contributed by atoms with Gasteiger partial charge in [-0.2, -0.15) is 13.2 Å². The number of benzene rings is 1. The van der Waals surface area contributed by atoms with Gasteiger partial charge in [0, 0.05) is 6.07 Å². The second-order valence-electron chi connectivity index (χ2n) is 4.23. The normalized spacial score (nSPS) is 11.5. The lowest BCUT2D eigenvalue weighted by atomic mass is 10.1. The molecule has 0 aliphatic rings. The van der Waals surface area contributed by atoms with Crippen LogP contribution in [0.15, 0.2) is 12.1 Å². The Morgan fingerprint density at radius 2 is 1.96 bits per heavy atom. The molecule has 1 aromatic heterocycles. The molecule has 23 heavy (non-hydrogen) atoms. The van der Waals surface area contributed by atoms with Crippen molar-refractivity contribution >= 4 is 22.7 Å². The number of aromatic nitrogens is 2. The van der Waals surface area contributed by atoms with Crippen molar-refractivity contribution in [2.24, 2.45) is 0 Å². The highest BCUT2D eigenvalue weighted by Crippen LogP contribution is 2.38. The standard InChI is InChI=1S/C12H8F3N3O5/c1-2-23-10-9(11(19)20)16-7-4-8(18(21)22)5(12(13,14)15)3-6(7)17-10/h3-4H,2H2,1H3,(H,19,20). The summed E-state index contributed by atoms with van der Waals surface area (Å²) in [5.74, 6) is -1.99. The minimum atomic E-state index is -4.98. The molecule has 2 aromatic rings. The highest BCUT2D eigenvalue weighted by Gasteiger charge is 2.39. The summed E-state index contributed by atoms with van der Waals surface area (Å²) in [7, 11) is 0. The summed E-state index contributed by atoms with van der Waals surface area (Å²) in [5.41, 5.74) is -4.11. The van der Waals surface area contributed by atoms with Crippen LogP contribution in [0.2, 0.25) is 0 Å². The molecule has 1 N–H and O–H groups in total. The number of nitro benzene ring substituents is 1. The van der Waals surface area contributed by atoms with E-state index in [4.69, 9.17) is 9.84 Å². The lowest BCUT2D eigenvalue weighted by Crippen LogP contribution is -2.11. The quantitative estimate of drug-likeness (QED) is 0.676. The van der Waals surface area contributed by atoms with Crippen LogP contribution in [0.4, 0.5) is 18.9 Å². The topological polar surface area (TPSA) is 115 Å². The largest absolute Gasteiger partial charge is 0.476 e. The molecule has 0 atom stereocenters. The highest BCUT2D eigenvalue weighted by molar-refractivity contribution is 5.91. The van der Waals surface area contributed by atoms with Crippen LogP contribution < -0.4 is 4.74 Å². The first-order chi connectivity index (χ1) is 10.6. The monoisotopic (exact) mass is 331 g/mol. The van der Waals surface area contributed by atoms with Crippen molar-refractivity contribution in [1.82, 2.24) is 9.97 Å². The first-order valence-electron chi connectivity index (χ1n) is 6.08.